The first-order valence-corrected chi connectivity index (χ1v) is 7.88. The van der Waals surface area contributed by atoms with E-state index in [9.17, 15) is 0 Å². The van der Waals surface area contributed by atoms with Gasteiger partial charge in [0.05, 0.1) is 5.56 Å². The van der Waals surface area contributed by atoms with Crippen LogP contribution in [0.1, 0.15) is 29.9 Å². The summed E-state index contributed by atoms with van der Waals surface area (Å²) in [5, 5.41) is 10.1. The fourth-order valence-corrected chi connectivity index (χ4v) is 3.39. The summed E-state index contributed by atoms with van der Waals surface area (Å²) < 4.78 is 0. The van der Waals surface area contributed by atoms with E-state index in [2.05, 4.69) is 38.2 Å². The fraction of sp³-hybridized carbons (Fsp3) is 0.278. The topological polar surface area (TPSA) is 68.6 Å². The molecule has 5 heteroatoms. The third kappa shape index (κ3) is 2.53. The molecule has 1 unspecified atom stereocenters. The van der Waals surface area contributed by atoms with Gasteiger partial charge in [-0.2, -0.15) is 5.26 Å². The molecule has 1 saturated heterocycles. The maximum absolute atomic E-state index is 8.89. The van der Waals surface area contributed by atoms with Crippen molar-refractivity contribution in [3.8, 4) is 6.07 Å². The molecule has 114 valence electrons. The van der Waals surface area contributed by atoms with Crippen LogP contribution in [0.4, 0.5) is 5.82 Å². The quantitative estimate of drug-likeness (QED) is 0.789. The van der Waals surface area contributed by atoms with Crippen molar-refractivity contribution in [3.05, 3.63) is 54.0 Å². The second kappa shape index (κ2) is 5.73. The van der Waals surface area contributed by atoms with Crippen molar-refractivity contribution in [1.82, 2.24) is 15.0 Å². The van der Waals surface area contributed by atoms with E-state index in [1.165, 1.54) is 17.4 Å². The van der Waals surface area contributed by atoms with Gasteiger partial charge in [0.25, 0.3) is 0 Å². The molecule has 0 bridgehead atoms. The van der Waals surface area contributed by atoms with Crippen molar-refractivity contribution >= 4 is 16.9 Å². The number of H-pyrrole nitrogens is 1. The smallest absolute Gasteiger partial charge is 0.137 e. The number of pyridine rings is 2. The van der Waals surface area contributed by atoms with E-state index in [1.807, 2.05) is 24.4 Å². The van der Waals surface area contributed by atoms with Crippen LogP contribution < -0.4 is 4.90 Å². The lowest BCUT2D eigenvalue weighted by molar-refractivity contribution is 0.509. The number of nitrogens with zero attached hydrogens (tertiary/aromatic N) is 4. The Labute approximate surface area is 134 Å². The van der Waals surface area contributed by atoms with Crippen molar-refractivity contribution in [3.63, 3.8) is 0 Å². The maximum atomic E-state index is 8.89. The van der Waals surface area contributed by atoms with Crippen LogP contribution in [0.3, 0.4) is 0 Å². The van der Waals surface area contributed by atoms with Gasteiger partial charge in [-0.3, -0.25) is 0 Å². The van der Waals surface area contributed by atoms with Crippen molar-refractivity contribution in [1.29, 1.82) is 5.26 Å². The molecule has 0 amide bonds. The molecule has 0 aromatic carbocycles. The zero-order valence-corrected chi connectivity index (χ0v) is 12.7. The molecule has 0 spiro atoms. The highest BCUT2D eigenvalue weighted by atomic mass is 15.2. The molecule has 5 nitrogen and oxygen atoms in total. The Morgan fingerprint density at radius 1 is 1.26 bits per heavy atom. The number of hydrogen-bond donors (Lipinski definition) is 1. The van der Waals surface area contributed by atoms with Crippen LogP contribution in [0.5, 0.6) is 0 Å². The van der Waals surface area contributed by atoms with Crippen molar-refractivity contribution in [2.24, 2.45) is 0 Å². The second-order valence-electron chi connectivity index (χ2n) is 5.95. The Bertz CT molecular complexity index is 859. The molecule has 1 N–H and O–H groups in total. The van der Waals surface area contributed by atoms with Gasteiger partial charge in [0.1, 0.15) is 17.5 Å². The van der Waals surface area contributed by atoms with Crippen molar-refractivity contribution < 1.29 is 0 Å². The molecule has 0 aliphatic carbocycles. The second-order valence-corrected chi connectivity index (χ2v) is 5.95. The predicted molar refractivity (Wildman–Crippen MR) is 89.2 cm³/mol. The maximum Gasteiger partial charge on any atom is 0.137 e. The number of aromatic nitrogens is 3. The van der Waals surface area contributed by atoms with Crippen LogP contribution >= 0.6 is 0 Å². The van der Waals surface area contributed by atoms with E-state index in [4.69, 9.17) is 5.26 Å². The number of nitriles is 1. The molecule has 4 heterocycles. The minimum Gasteiger partial charge on any atom is -0.356 e. The van der Waals surface area contributed by atoms with E-state index in [-0.39, 0.29) is 0 Å². The van der Waals surface area contributed by atoms with Crippen LogP contribution in [0.25, 0.3) is 11.0 Å². The Morgan fingerprint density at radius 2 is 2.22 bits per heavy atom. The lowest BCUT2D eigenvalue weighted by Gasteiger charge is -2.33. The molecule has 1 fully saturated rings. The average Bonchev–Trinajstić information content (AvgIpc) is 3.06. The van der Waals surface area contributed by atoms with Gasteiger partial charge < -0.3 is 9.88 Å². The Balaban J connectivity index is 1.60. The lowest BCUT2D eigenvalue weighted by Crippen LogP contribution is -2.34. The normalized spacial score (nSPS) is 18.0. The van der Waals surface area contributed by atoms with Crippen LogP contribution in [0.15, 0.2) is 42.9 Å². The van der Waals surface area contributed by atoms with E-state index < -0.39 is 0 Å². The zero-order valence-electron chi connectivity index (χ0n) is 12.7. The fourth-order valence-electron chi connectivity index (χ4n) is 3.39. The number of nitrogens with one attached hydrogen (secondary N) is 1. The SMILES string of the molecule is N#Cc1ccc(N2CCCC(c3c[nH]c4ncccc34)C2)nc1. The summed E-state index contributed by atoms with van der Waals surface area (Å²) in [6.45, 7) is 1.96. The number of hydrogen-bond acceptors (Lipinski definition) is 4. The number of piperidine rings is 1. The van der Waals surface area contributed by atoms with Gasteiger partial charge in [-0.05, 0) is 42.7 Å². The molecule has 1 atom stereocenters. The molecule has 1 aliphatic rings. The average molecular weight is 303 g/mol. The monoisotopic (exact) mass is 303 g/mol. The third-order valence-electron chi connectivity index (χ3n) is 4.55. The van der Waals surface area contributed by atoms with Gasteiger partial charge in [0.15, 0.2) is 0 Å². The van der Waals surface area contributed by atoms with Crippen LogP contribution in [-0.2, 0) is 0 Å². The molecule has 0 radical (unpaired) electrons. The summed E-state index contributed by atoms with van der Waals surface area (Å²) in [6.07, 6.45) is 7.87. The van der Waals surface area contributed by atoms with Crippen LogP contribution in [-0.4, -0.2) is 28.0 Å². The summed E-state index contributed by atoms with van der Waals surface area (Å²) in [5.41, 5.74) is 2.90. The summed E-state index contributed by atoms with van der Waals surface area (Å²) in [6, 6.07) is 10.0. The largest absolute Gasteiger partial charge is 0.356 e. The molecule has 1 aliphatic heterocycles. The Hall–Kier alpha value is -2.87. The summed E-state index contributed by atoms with van der Waals surface area (Å²) in [7, 11) is 0. The molecule has 0 saturated carbocycles. The Morgan fingerprint density at radius 3 is 3.04 bits per heavy atom. The van der Waals surface area contributed by atoms with E-state index in [0.29, 0.717) is 11.5 Å². The molecule has 3 aromatic rings. The highest BCUT2D eigenvalue weighted by Gasteiger charge is 2.24. The van der Waals surface area contributed by atoms with Gasteiger partial charge in [-0.25, -0.2) is 9.97 Å². The minimum atomic E-state index is 0.471. The lowest BCUT2D eigenvalue weighted by atomic mass is 9.90. The van der Waals surface area contributed by atoms with E-state index >= 15 is 0 Å². The standard InChI is InChI=1S/C18H17N5/c19-9-13-5-6-17(21-10-13)23-8-2-3-14(12-23)16-11-22-18-15(16)4-1-7-20-18/h1,4-7,10-11,14H,2-3,8,12H2,(H,20,22). The summed E-state index contributed by atoms with van der Waals surface area (Å²) in [5.74, 6) is 1.42. The minimum absolute atomic E-state index is 0.471. The van der Waals surface area contributed by atoms with Gasteiger partial charge >= 0.3 is 0 Å². The summed E-state index contributed by atoms with van der Waals surface area (Å²) >= 11 is 0. The predicted octanol–water partition coefficient (Wildman–Crippen LogP) is 3.21. The van der Waals surface area contributed by atoms with E-state index in [1.54, 1.807) is 6.20 Å². The number of aromatic amines is 1. The molecular weight excluding hydrogens is 286 g/mol. The number of fused-ring (bicyclic) bond motifs is 1. The third-order valence-corrected chi connectivity index (χ3v) is 4.55. The first kappa shape index (κ1) is 13.8. The van der Waals surface area contributed by atoms with Crippen molar-refractivity contribution in [2.75, 3.05) is 18.0 Å². The highest BCUT2D eigenvalue weighted by molar-refractivity contribution is 5.80. The van der Waals surface area contributed by atoms with Crippen LogP contribution in [0.2, 0.25) is 0 Å². The molecule has 4 rings (SSSR count). The first-order chi connectivity index (χ1) is 11.3. The van der Waals surface area contributed by atoms with Gasteiger partial charge in [0.2, 0.25) is 0 Å². The molecular formula is C18H17N5. The number of anilines is 1. The van der Waals surface area contributed by atoms with Crippen molar-refractivity contribution in [2.45, 2.75) is 18.8 Å². The first-order valence-electron chi connectivity index (χ1n) is 7.88. The molecule has 23 heavy (non-hydrogen) atoms. The molecule has 3 aromatic heterocycles. The summed E-state index contributed by atoms with van der Waals surface area (Å²) in [4.78, 5) is 14.4. The van der Waals surface area contributed by atoms with Gasteiger partial charge in [0, 0.05) is 43.0 Å². The van der Waals surface area contributed by atoms with Gasteiger partial charge in [-0.15, -0.1) is 0 Å². The highest BCUT2D eigenvalue weighted by Crippen LogP contribution is 2.32. The zero-order chi connectivity index (χ0) is 15.6. The van der Waals surface area contributed by atoms with Gasteiger partial charge in [-0.1, -0.05) is 0 Å². The van der Waals surface area contributed by atoms with E-state index in [0.717, 1.165) is 31.0 Å². The number of rotatable bonds is 2. The Kier molecular flexibility index (Phi) is 3.43. The van der Waals surface area contributed by atoms with Crippen LogP contribution in [0, 0.1) is 11.3 Å².